The van der Waals surface area contributed by atoms with Gasteiger partial charge in [0.05, 0.1) is 26.7 Å². The van der Waals surface area contributed by atoms with Crippen LogP contribution in [0.5, 0.6) is 11.5 Å². The quantitative estimate of drug-likeness (QED) is 0.292. The van der Waals surface area contributed by atoms with Crippen LogP contribution in [0.4, 0.5) is 0 Å². The van der Waals surface area contributed by atoms with Crippen molar-refractivity contribution in [3.05, 3.63) is 69.6 Å². The van der Waals surface area contributed by atoms with E-state index < -0.39 is 0 Å². The highest BCUT2D eigenvalue weighted by Crippen LogP contribution is 2.28. The number of nitrogens with one attached hydrogen (secondary N) is 1. The van der Waals surface area contributed by atoms with Crippen molar-refractivity contribution < 1.29 is 14.3 Å². The lowest BCUT2D eigenvalue weighted by molar-refractivity contribution is -0.120. The van der Waals surface area contributed by atoms with Crippen molar-refractivity contribution in [2.24, 2.45) is 5.11 Å². The topological polar surface area (TPSA) is 96.3 Å². The Labute approximate surface area is 171 Å². The fourth-order valence-electron chi connectivity index (χ4n) is 2.75. The van der Waals surface area contributed by atoms with Crippen molar-refractivity contribution in [2.75, 3.05) is 20.3 Å². The van der Waals surface area contributed by atoms with E-state index >= 15 is 0 Å². The number of nitrogens with zero attached hydrogens (tertiary/aromatic N) is 3. The third-order valence-corrected chi connectivity index (χ3v) is 4.41. The molecule has 0 heterocycles. The zero-order chi connectivity index (χ0) is 21.3. The Kier molecular flexibility index (Phi) is 7.92. The third-order valence-electron chi connectivity index (χ3n) is 4.41. The lowest BCUT2D eigenvalue weighted by Crippen LogP contribution is -2.24. The molecule has 1 amide bonds. The summed E-state index contributed by atoms with van der Waals surface area (Å²) < 4.78 is 10.9. The average molecular weight is 396 g/mol. The van der Waals surface area contributed by atoms with Crippen LogP contribution in [0.3, 0.4) is 0 Å². The van der Waals surface area contributed by atoms with E-state index in [0.717, 1.165) is 11.1 Å². The summed E-state index contributed by atoms with van der Waals surface area (Å²) in [4.78, 5) is 15.0. The minimum absolute atomic E-state index is 0.0658. The van der Waals surface area contributed by atoms with Crippen LogP contribution >= 0.6 is 0 Å². The summed E-state index contributed by atoms with van der Waals surface area (Å²) in [6, 6.07) is 13.7. The van der Waals surface area contributed by atoms with Gasteiger partial charge in [-0.25, -0.2) is 0 Å². The van der Waals surface area contributed by atoms with E-state index in [4.69, 9.17) is 15.0 Å². The number of hydrogen-bond acceptors (Lipinski definition) is 4. The first kappa shape index (κ1) is 22.1. The van der Waals surface area contributed by atoms with Gasteiger partial charge < -0.3 is 14.8 Å². The average Bonchev–Trinajstić information content (AvgIpc) is 2.70. The normalized spacial score (nSPS) is 10.8. The van der Waals surface area contributed by atoms with Crippen LogP contribution < -0.4 is 14.8 Å². The highest BCUT2D eigenvalue weighted by molar-refractivity contribution is 5.78. The lowest BCUT2D eigenvalue weighted by atomic mass is 9.87. The predicted molar refractivity (Wildman–Crippen MR) is 113 cm³/mol. The van der Waals surface area contributed by atoms with Crippen molar-refractivity contribution in [3.8, 4) is 11.5 Å². The molecule has 0 saturated carbocycles. The summed E-state index contributed by atoms with van der Waals surface area (Å²) in [6.45, 7) is 7.51. The number of benzene rings is 2. The molecular formula is C22H28N4O3. The van der Waals surface area contributed by atoms with E-state index in [1.165, 1.54) is 5.56 Å². The first-order valence-corrected chi connectivity index (χ1v) is 9.50. The molecule has 0 aliphatic heterocycles. The molecule has 7 nitrogen and oxygen atoms in total. The Morgan fingerprint density at radius 2 is 1.79 bits per heavy atom. The van der Waals surface area contributed by atoms with E-state index in [0.29, 0.717) is 18.0 Å². The molecule has 154 valence electrons. The molecular weight excluding hydrogens is 368 g/mol. The van der Waals surface area contributed by atoms with E-state index in [1.54, 1.807) is 19.2 Å². The maximum absolute atomic E-state index is 12.3. The number of methoxy groups -OCH3 is 1. The van der Waals surface area contributed by atoms with Crippen molar-refractivity contribution in [3.63, 3.8) is 0 Å². The van der Waals surface area contributed by atoms with Gasteiger partial charge in [-0.2, -0.15) is 0 Å². The minimum atomic E-state index is -0.0658. The Balaban J connectivity index is 1.90. The summed E-state index contributed by atoms with van der Waals surface area (Å²) in [5.41, 5.74) is 11.5. The van der Waals surface area contributed by atoms with Gasteiger partial charge in [0.15, 0.2) is 11.5 Å². The summed E-state index contributed by atoms with van der Waals surface area (Å²) in [5, 5.41) is 6.37. The predicted octanol–water partition coefficient (Wildman–Crippen LogP) is 4.54. The molecule has 0 aromatic heterocycles. The Hall–Kier alpha value is -3.18. The molecule has 0 fully saturated rings. The molecule has 0 aliphatic rings. The zero-order valence-corrected chi connectivity index (χ0v) is 17.4. The molecule has 2 aromatic carbocycles. The van der Waals surface area contributed by atoms with Gasteiger partial charge in [0.1, 0.15) is 0 Å². The van der Waals surface area contributed by atoms with Crippen LogP contribution in [0, 0.1) is 0 Å². The molecule has 29 heavy (non-hydrogen) atoms. The van der Waals surface area contributed by atoms with Crippen molar-refractivity contribution in [2.45, 2.75) is 39.2 Å². The smallest absolute Gasteiger partial charge is 0.224 e. The fourth-order valence-corrected chi connectivity index (χ4v) is 2.75. The molecule has 1 N–H and O–H groups in total. The zero-order valence-electron chi connectivity index (χ0n) is 17.4. The number of rotatable bonds is 9. The van der Waals surface area contributed by atoms with Gasteiger partial charge in [-0.3, -0.25) is 4.79 Å². The number of azide groups is 1. The number of carbonyl (C=O) groups excluding carboxylic acids is 1. The van der Waals surface area contributed by atoms with Crippen molar-refractivity contribution in [1.29, 1.82) is 0 Å². The number of amides is 1. The van der Waals surface area contributed by atoms with E-state index in [9.17, 15) is 4.79 Å². The van der Waals surface area contributed by atoms with Gasteiger partial charge in [-0.15, -0.1) is 0 Å². The second-order valence-corrected chi connectivity index (χ2v) is 7.69. The maximum Gasteiger partial charge on any atom is 0.224 e. The largest absolute Gasteiger partial charge is 0.493 e. The highest BCUT2D eigenvalue weighted by atomic mass is 16.5. The molecule has 0 bridgehead atoms. The van der Waals surface area contributed by atoms with Gasteiger partial charge in [-0.05, 0) is 39.8 Å². The molecule has 2 rings (SSSR count). The number of ether oxygens (including phenoxy) is 2. The number of carbonyl (C=O) groups is 1. The van der Waals surface area contributed by atoms with Crippen LogP contribution in [0.1, 0.15) is 37.5 Å². The Morgan fingerprint density at radius 1 is 1.10 bits per heavy atom. The van der Waals surface area contributed by atoms with Gasteiger partial charge in [-0.1, -0.05) is 56.2 Å². The Morgan fingerprint density at radius 3 is 2.41 bits per heavy atom. The standard InChI is InChI=1S/C22H28N4O3/c1-22(2,3)18-8-5-16(6-9-18)15-24-21(27)14-17-7-10-19(20(13-17)28-4)29-12-11-25-26-23/h5-10,13H,11-12,14-15H2,1-4H3,(H,24,27). The van der Waals surface area contributed by atoms with E-state index in [2.05, 4.69) is 48.2 Å². The van der Waals surface area contributed by atoms with Crippen molar-refractivity contribution >= 4 is 5.91 Å². The molecule has 0 radical (unpaired) electrons. The summed E-state index contributed by atoms with van der Waals surface area (Å²) in [6.07, 6.45) is 0.245. The first-order valence-electron chi connectivity index (χ1n) is 9.50. The molecule has 0 saturated heterocycles. The lowest BCUT2D eigenvalue weighted by Gasteiger charge is -2.19. The van der Waals surface area contributed by atoms with Crippen LogP contribution in [-0.4, -0.2) is 26.2 Å². The second kappa shape index (κ2) is 10.4. The molecule has 0 spiro atoms. The molecule has 0 unspecified atom stereocenters. The van der Waals surface area contributed by atoms with E-state index in [1.807, 2.05) is 18.2 Å². The minimum Gasteiger partial charge on any atom is -0.493 e. The van der Waals surface area contributed by atoms with E-state index in [-0.39, 0.29) is 30.9 Å². The van der Waals surface area contributed by atoms with Gasteiger partial charge >= 0.3 is 0 Å². The van der Waals surface area contributed by atoms with Crippen LogP contribution in [0.15, 0.2) is 47.6 Å². The summed E-state index contributed by atoms with van der Waals surface area (Å²) in [7, 11) is 1.54. The van der Waals surface area contributed by atoms with Crippen molar-refractivity contribution in [1.82, 2.24) is 5.32 Å². The summed E-state index contributed by atoms with van der Waals surface area (Å²) >= 11 is 0. The number of hydrogen-bond donors (Lipinski definition) is 1. The fraction of sp³-hybridized carbons (Fsp3) is 0.409. The van der Waals surface area contributed by atoms with Gasteiger partial charge in [0.25, 0.3) is 0 Å². The van der Waals surface area contributed by atoms with Gasteiger partial charge in [0, 0.05) is 11.5 Å². The first-order chi connectivity index (χ1) is 13.8. The molecule has 0 aliphatic carbocycles. The molecule has 0 atom stereocenters. The van der Waals surface area contributed by atoms with Crippen LogP contribution in [0.2, 0.25) is 0 Å². The highest BCUT2D eigenvalue weighted by Gasteiger charge is 2.13. The monoisotopic (exact) mass is 396 g/mol. The van der Waals surface area contributed by atoms with Crippen LogP contribution in [0.25, 0.3) is 10.4 Å². The SMILES string of the molecule is COc1cc(CC(=O)NCc2ccc(C(C)(C)C)cc2)ccc1OCCN=[N+]=[N-]. The molecule has 7 heteroatoms. The Bertz CT molecular complexity index is 867. The molecule has 2 aromatic rings. The van der Waals surface area contributed by atoms with Crippen LogP contribution in [-0.2, 0) is 23.2 Å². The summed E-state index contributed by atoms with van der Waals surface area (Å²) in [5.74, 6) is 1.02. The second-order valence-electron chi connectivity index (χ2n) is 7.69. The maximum atomic E-state index is 12.3. The van der Waals surface area contributed by atoms with Gasteiger partial charge in [0.2, 0.25) is 5.91 Å². The third kappa shape index (κ3) is 7.05.